The number of aromatic nitrogens is 4. The molecule has 2 aromatic heterocycles. The Balaban J connectivity index is 1.73. The molecule has 7 nitrogen and oxygen atoms in total. The van der Waals surface area contributed by atoms with Gasteiger partial charge in [-0.2, -0.15) is 18.3 Å². The number of carbonyl (C=O) groups excluding carboxylic acids is 1. The molecule has 2 heterocycles. The van der Waals surface area contributed by atoms with Crippen LogP contribution in [-0.4, -0.2) is 32.3 Å². The quantitative estimate of drug-likeness (QED) is 0.306. The van der Waals surface area contributed by atoms with E-state index < -0.39 is 17.8 Å². The summed E-state index contributed by atoms with van der Waals surface area (Å²) >= 11 is 5.88. The van der Waals surface area contributed by atoms with E-state index in [0.29, 0.717) is 29.3 Å². The summed E-state index contributed by atoms with van der Waals surface area (Å²) in [4.78, 5) is 19.6. The summed E-state index contributed by atoms with van der Waals surface area (Å²) in [7, 11) is 0. The zero-order valence-corrected chi connectivity index (χ0v) is 17.9. The molecule has 0 amide bonds. The number of alkyl halides is 3. The van der Waals surface area contributed by atoms with Crippen LogP contribution in [0.4, 0.5) is 19.0 Å². The molecule has 3 rings (SSSR count). The van der Waals surface area contributed by atoms with Crippen molar-refractivity contribution in [3.8, 4) is 5.69 Å². The molecule has 32 heavy (non-hydrogen) atoms. The third-order valence-corrected chi connectivity index (χ3v) is 4.47. The number of anilines is 1. The van der Waals surface area contributed by atoms with E-state index in [-0.39, 0.29) is 11.9 Å². The second kappa shape index (κ2) is 9.82. The summed E-state index contributed by atoms with van der Waals surface area (Å²) in [6, 6.07) is 7.86. The maximum Gasteiger partial charge on any atom is 0.435 e. The van der Waals surface area contributed by atoms with Crippen LogP contribution in [0.25, 0.3) is 11.8 Å². The van der Waals surface area contributed by atoms with E-state index in [1.807, 2.05) is 0 Å². The lowest BCUT2D eigenvalue weighted by atomic mass is 10.2. The second-order valence-corrected chi connectivity index (χ2v) is 6.97. The molecule has 0 fully saturated rings. The molecule has 168 valence electrons. The van der Waals surface area contributed by atoms with E-state index in [4.69, 9.17) is 16.3 Å². The molecule has 0 radical (unpaired) electrons. The van der Waals surface area contributed by atoms with Crippen LogP contribution in [-0.2, 0) is 22.3 Å². The lowest BCUT2D eigenvalue weighted by molar-refractivity contribution is -0.141. The number of nitrogens with zero attached hydrogens (tertiary/aromatic N) is 4. The average molecular weight is 466 g/mol. The normalized spacial score (nSPS) is 11.7. The Morgan fingerprint density at radius 2 is 2.00 bits per heavy atom. The first kappa shape index (κ1) is 23.3. The van der Waals surface area contributed by atoms with Crippen LogP contribution >= 0.6 is 11.6 Å². The number of hydrogen-bond donors (Lipinski definition) is 1. The Morgan fingerprint density at radius 3 is 2.62 bits per heavy atom. The Kier molecular flexibility index (Phi) is 7.14. The number of aryl methyl sites for hydroxylation is 1. The lowest BCUT2D eigenvalue weighted by Gasteiger charge is -2.10. The highest BCUT2D eigenvalue weighted by Crippen LogP contribution is 2.29. The van der Waals surface area contributed by atoms with Crippen molar-refractivity contribution in [2.24, 2.45) is 0 Å². The number of carbonyl (C=O) groups is 1. The van der Waals surface area contributed by atoms with Crippen molar-refractivity contribution < 1.29 is 22.7 Å². The summed E-state index contributed by atoms with van der Waals surface area (Å²) in [5.74, 6) is -0.0843. The van der Waals surface area contributed by atoms with Crippen molar-refractivity contribution in [2.45, 2.75) is 26.6 Å². The van der Waals surface area contributed by atoms with Gasteiger partial charge in [0.05, 0.1) is 12.3 Å². The summed E-state index contributed by atoms with van der Waals surface area (Å²) < 4.78 is 44.7. The van der Waals surface area contributed by atoms with E-state index in [1.165, 1.54) is 23.0 Å². The molecule has 1 N–H and O–H groups in total. The minimum Gasteiger partial charge on any atom is -0.463 e. The molecular formula is C21H19ClF3N5O2. The maximum absolute atomic E-state index is 12.9. The smallest absolute Gasteiger partial charge is 0.435 e. The molecule has 0 saturated carbocycles. The van der Waals surface area contributed by atoms with Crippen LogP contribution in [0.5, 0.6) is 0 Å². The highest BCUT2D eigenvalue weighted by Gasteiger charge is 2.34. The molecule has 0 spiro atoms. The number of hydrogen-bond acceptors (Lipinski definition) is 6. The highest BCUT2D eigenvalue weighted by atomic mass is 35.5. The van der Waals surface area contributed by atoms with Crippen molar-refractivity contribution in [1.29, 1.82) is 0 Å². The fourth-order valence-electron chi connectivity index (χ4n) is 2.80. The van der Waals surface area contributed by atoms with Gasteiger partial charge in [-0.05, 0) is 55.3 Å². The van der Waals surface area contributed by atoms with E-state index in [9.17, 15) is 18.0 Å². The van der Waals surface area contributed by atoms with Crippen LogP contribution in [0, 0.1) is 6.92 Å². The molecule has 0 atom stereocenters. The van der Waals surface area contributed by atoms with Gasteiger partial charge in [0.1, 0.15) is 5.82 Å². The Labute approximate surface area is 186 Å². The van der Waals surface area contributed by atoms with Gasteiger partial charge in [-0.1, -0.05) is 12.1 Å². The van der Waals surface area contributed by atoms with Crippen molar-refractivity contribution in [1.82, 2.24) is 19.7 Å². The van der Waals surface area contributed by atoms with E-state index in [2.05, 4.69) is 20.4 Å². The van der Waals surface area contributed by atoms with Gasteiger partial charge in [0.15, 0.2) is 5.69 Å². The molecule has 0 aliphatic carbocycles. The standard InChI is InChI=1S/C21H19ClF3N5O2/c1-3-32-18(31)9-6-15-12-27-20(22)28-19(15)26-11-14-4-7-16(8-5-14)30-13(2)10-17(29-30)21(23,24)25/h4-10,12H,3,11H2,1-2H3,(H,26,27,28)/b9-6+. The zero-order valence-electron chi connectivity index (χ0n) is 17.2. The number of halogens is 4. The summed E-state index contributed by atoms with van der Waals surface area (Å²) in [6.45, 7) is 3.87. The van der Waals surface area contributed by atoms with Crippen molar-refractivity contribution in [3.63, 3.8) is 0 Å². The van der Waals surface area contributed by atoms with Crippen LogP contribution < -0.4 is 5.32 Å². The number of nitrogens with one attached hydrogen (secondary N) is 1. The van der Waals surface area contributed by atoms with E-state index in [0.717, 1.165) is 11.6 Å². The van der Waals surface area contributed by atoms with E-state index >= 15 is 0 Å². The largest absolute Gasteiger partial charge is 0.463 e. The van der Waals surface area contributed by atoms with Crippen LogP contribution in [0.1, 0.15) is 29.4 Å². The third-order valence-electron chi connectivity index (χ3n) is 4.29. The average Bonchev–Trinajstić information content (AvgIpc) is 3.14. The molecule has 11 heteroatoms. The summed E-state index contributed by atoms with van der Waals surface area (Å²) in [5, 5.41) is 6.79. The first-order chi connectivity index (χ1) is 15.2. The van der Waals surface area contributed by atoms with Gasteiger partial charge in [-0.25, -0.2) is 19.4 Å². The highest BCUT2D eigenvalue weighted by molar-refractivity contribution is 6.28. The van der Waals surface area contributed by atoms with Gasteiger partial charge in [0, 0.05) is 30.1 Å². The molecule has 3 aromatic rings. The predicted octanol–water partition coefficient (Wildman–Crippen LogP) is 4.83. The summed E-state index contributed by atoms with van der Waals surface area (Å²) in [6.07, 6.45) is -0.260. The van der Waals surface area contributed by atoms with Crippen LogP contribution in [0.2, 0.25) is 5.28 Å². The topological polar surface area (TPSA) is 81.9 Å². The van der Waals surface area contributed by atoms with Gasteiger partial charge in [-0.15, -0.1) is 0 Å². The van der Waals surface area contributed by atoms with Gasteiger partial charge < -0.3 is 10.1 Å². The number of benzene rings is 1. The number of esters is 1. The maximum atomic E-state index is 12.9. The monoisotopic (exact) mass is 465 g/mol. The fourth-order valence-corrected chi connectivity index (χ4v) is 2.93. The predicted molar refractivity (Wildman–Crippen MR) is 113 cm³/mol. The van der Waals surface area contributed by atoms with Gasteiger partial charge in [-0.3, -0.25) is 0 Å². The van der Waals surface area contributed by atoms with E-state index in [1.54, 1.807) is 38.1 Å². The third kappa shape index (κ3) is 5.85. The Bertz CT molecular complexity index is 1130. The second-order valence-electron chi connectivity index (χ2n) is 6.63. The fraction of sp³-hybridized carbons (Fsp3) is 0.238. The first-order valence-corrected chi connectivity index (χ1v) is 9.89. The van der Waals surface area contributed by atoms with Gasteiger partial charge in [0.2, 0.25) is 5.28 Å². The van der Waals surface area contributed by atoms with Gasteiger partial charge in [0.25, 0.3) is 0 Å². The molecule has 0 aliphatic heterocycles. The van der Waals surface area contributed by atoms with Crippen molar-refractivity contribution in [3.05, 3.63) is 70.4 Å². The number of rotatable bonds is 7. The molecule has 0 aliphatic rings. The lowest BCUT2D eigenvalue weighted by Crippen LogP contribution is -2.08. The minimum absolute atomic E-state index is 0.0331. The molecular weight excluding hydrogens is 447 g/mol. The Morgan fingerprint density at radius 1 is 1.28 bits per heavy atom. The zero-order chi connectivity index (χ0) is 23.3. The van der Waals surface area contributed by atoms with Crippen LogP contribution in [0.15, 0.2) is 42.6 Å². The molecule has 0 bridgehead atoms. The molecule has 0 unspecified atom stereocenters. The molecule has 0 saturated heterocycles. The van der Waals surface area contributed by atoms with Gasteiger partial charge >= 0.3 is 12.1 Å². The first-order valence-electron chi connectivity index (χ1n) is 9.51. The van der Waals surface area contributed by atoms with Crippen molar-refractivity contribution >= 4 is 29.5 Å². The number of ether oxygens (including phenoxy) is 1. The SMILES string of the molecule is CCOC(=O)/C=C/c1cnc(Cl)nc1NCc1ccc(-n2nc(C(F)(F)F)cc2C)cc1. The Hall–Kier alpha value is -3.40. The molecule has 1 aromatic carbocycles. The minimum atomic E-state index is -4.50. The summed E-state index contributed by atoms with van der Waals surface area (Å²) in [5.41, 5.74) is 1.31. The van der Waals surface area contributed by atoms with Crippen molar-refractivity contribution in [2.75, 3.05) is 11.9 Å². The van der Waals surface area contributed by atoms with Crippen LogP contribution in [0.3, 0.4) is 0 Å².